The molecule has 0 unspecified atom stereocenters. The second-order valence-electron chi connectivity index (χ2n) is 7.22. The molecule has 0 N–H and O–H groups in total. The van der Waals surface area contributed by atoms with E-state index in [1.807, 2.05) is 19.9 Å². The summed E-state index contributed by atoms with van der Waals surface area (Å²) in [6.45, 7) is 7.87. The summed E-state index contributed by atoms with van der Waals surface area (Å²) in [5.41, 5.74) is 1.05. The van der Waals surface area contributed by atoms with Gasteiger partial charge in [-0.25, -0.2) is 0 Å². The monoisotopic (exact) mass is 323 g/mol. The lowest BCUT2D eigenvalue weighted by molar-refractivity contribution is 0.205. The Balaban J connectivity index is 1.57. The molecule has 0 aliphatic carbocycles. The highest BCUT2D eigenvalue weighted by atomic mass is 15.3. The van der Waals surface area contributed by atoms with E-state index in [4.69, 9.17) is 5.26 Å². The third-order valence-electron chi connectivity index (χ3n) is 4.69. The van der Waals surface area contributed by atoms with Crippen molar-refractivity contribution in [2.24, 2.45) is 5.41 Å². The predicted octanol–water partition coefficient (Wildman–Crippen LogP) is 3.01. The molecule has 0 spiro atoms. The van der Waals surface area contributed by atoms with Gasteiger partial charge < -0.3 is 4.57 Å². The molecule has 126 valence electrons. The summed E-state index contributed by atoms with van der Waals surface area (Å²) in [4.78, 5) is 2.42. The third-order valence-corrected chi connectivity index (χ3v) is 4.69. The molecule has 0 saturated heterocycles. The molecule has 0 amide bonds. The van der Waals surface area contributed by atoms with E-state index in [0.29, 0.717) is 0 Å². The summed E-state index contributed by atoms with van der Waals surface area (Å²) in [5.74, 6) is 2.12. The fraction of sp³-hybridized carbons (Fsp3) is 0.526. The molecule has 1 aliphatic rings. The van der Waals surface area contributed by atoms with Gasteiger partial charge in [-0.2, -0.15) is 5.26 Å². The first-order chi connectivity index (χ1) is 11.6. The molecule has 5 nitrogen and oxygen atoms in total. The molecule has 3 rings (SSSR count). The molecular formula is C19H25N5. The number of hydrogen-bond donors (Lipinski definition) is 0. The van der Waals surface area contributed by atoms with Gasteiger partial charge in [0.1, 0.15) is 11.6 Å². The first-order valence-electron chi connectivity index (χ1n) is 8.66. The zero-order valence-corrected chi connectivity index (χ0v) is 14.6. The quantitative estimate of drug-likeness (QED) is 0.820. The van der Waals surface area contributed by atoms with E-state index in [1.165, 1.54) is 5.56 Å². The Labute approximate surface area is 143 Å². The SMILES string of the molecule is CC(C)(C#N)CCCN1CCn2c(Cc3ccccc3)nnc2C1. The van der Waals surface area contributed by atoms with Crippen LogP contribution in [0.1, 0.15) is 43.9 Å². The molecule has 0 saturated carbocycles. The number of fused-ring (bicyclic) bond motifs is 1. The van der Waals surface area contributed by atoms with E-state index in [-0.39, 0.29) is 5.41 Å². The van der Waals surface area contributed by atoms with Crippen molar-refractivity contribution in [1.29, 1.82) is 5.26 Å². The lowest BCUT2D eigenvalue weighted by atomic mass is 9.90. The van der Waals surface area contributed by atoms with Crippen LogP contribution in [0.15, 0.2) is 30.3 Å². The molecule has 1 aliphatic heterocycles. The van der Waals surface area contributed by atoms with Crippen molar-refractivity contribution in [2.45, 2.75) is 46.2 Å². The smallest absolute Gasteiger partial charge is 0.147 e. The lowest BCUT2D eigenvalue weighted by Gasteiger charge is -2.28. The van der Waals surface area contributed by atoms with Crippen molar-refractivity contribution in [1.82, 2.24) is 19.7 Å². The second kappa shape index (κ2) is 7.14. The van der Waals surface area contributed by atoms with Crippen LogP contribution in [0.25, 0.3) is 0 Å². The van der Waals surface area contributed by atoms with Gasteiger partial charge in [0.25, 0.3) is 0 Å². The highest BCUT2D eigenvalue weighted by molar-refractivity contribution is 5.19. The van der Waals surface area contributed by atoms with E-state index in [0.717, 1.165) is 57.1 Å². The Bertz CT molecular complexity index is 711. The fourth-order valence-corrected chi connectivity index (χ4v) is 3.17. The lowest BCUT2D eigenvalue weighted by Crippen LogP contribution is -2.35. The third kappa shape index (κ3) is 4.01. The van der Waals surface area contributed by atoms with Gasteiger partial charge in [-0.05, 0) is 38.8 Å². The Kier molecular flexibility index (Phi) is 4.96. The minimum absolute atomic E-state index is 0.224. The Hall–Kier alpha value is -2.19. The zero-order valence-electron chi connectivity index (χ0n) is 14.6. The van der Waals surface area contributed by atoms with Crippen LogP contribution in [-0.4, -0.2) is 32.8 Å². The number of aromatic nitrogens is 3. The van der Waals surface area contributed by atoms with E-state index in [2.05, 4.69) is 50.0 Å². The van der Waals surface area contributed by atoms with Crippen LogP contribution in [0.4, 0.5) is 0 Å². The van der Waals surface area contributed by atoms with Crippen LogP contribution in [-0.2, 0) is 19.5 Å². The van der Waals surface area contributed by atoms with Gasteiger partial charge in [0, 0.05) is 19.5 Å². The normalized spacial score (nSPS) is 15.0. The highest BCUT2D eigenvalue weighted by Gasteiger charge is 2.22. The highest BCUT2D eigenvalue weighted by Crippen LogP contribution is 2.22. The van der Waals surface area contributed by atoms with Crippen LogP contribution in [0, 0.1) is 16.7 Å². The molecule has 1 aromatic heterocycles. The van der Waals surface area contributed by atoms with Crippen molar-refractivity contribution in [3.63, 3.8) is 0 Å². The molecule has 0 bridgehead atoms. The van der Waals surface area contributed by atoms with Crippen LogP contribution in [0.2, 0.25) is 0 Å². The number of rotatable bonds is 6. The molecule has 0 fully saturated rings. The summed E-state index contributed by atoms with van der Waals surface area (Å²) >= 11 is 0. The summed E-state index contributed by atoms with van der Waals surface area (Å²) in [6.07, 6.45) is 2.82. The molecule has 2 heterocycles. The fourth-order valence-electron chi connectivity index (χ4n) is 3.17. The Morgan fingerprint density at radius 3 is 2.71 bits per heavy atom. The van der Waals surface area contributed by atoms with Crippen LogP contribution >= 0.6 is 0 Å². The van der Waals surface area contributed by atoms with Gasteiger partial charge in [0.2, 0.25) is 0 Å². The van der Waals surface area contributed by atoms with Gasteiger partial charge in [0.15, 0.2) is 0 Å². The first-order valence-corrected chi connectivity index (χ1v) is 8.66. The van der Waals surface area contributed by atoms with E-state index in [9.17, 15) is 0 Å². The summed E-state index contributed by atoms with van der Waals surface area (Å²) in [6, 6.07) is 12.8. The maximum atomic E-state index is 9.10. The Morgan fingerprint density at radius 2 is 1.96 bits per heavy atom. The van der Waals surface area contributed by atoms with Crippen molar-refractivity contribution in [2.75, 3.05) is 13.1 Å². The molecular weight excluding hydrogens is 298 g/mol. The number of hydrogen-bond acceptors (Lipinski definition) is 4. The van der Waals surface area contributed by atoms with Gasteiger partial charge >= 0.3 is 0 Å². The summed E-state index contributed by atoms with van der Waals surface area (Å²) < 4.78 is 2.27. The van der Waals surface area contributed by atoms with E-state index in [1.54, 1.807) is 0 Å². The summed E-state index contributed by atoms with van der Waals surface area (Å²) in [5, 5.41) is 17.9. The average Bonchev–Trinajstić information content (AvgIpc) is 2.98. The number of benzene rings is 1. The van der Waals surface area contributed by atoms with Gasteiger partial charge in [-0.15, -0.1) is 10.2 Å². The largest absolute Gasteiger partial charge is 0.312 e. The molecule has 5 heteroatoms. The van der Waals surface area contributed by atoms with Crippen molar-refractivity contribution in [3.05, 3.63) is 47.5 Å². The van der Waals surface area contributed by atoms with Crippen molar-refractivity contribution >= 4 is 0 Å². The molecule has 0 radical (unpaired) electrons. The van der Waals surface area contributed by atoms with Gasteiger partial charge in [-0.1, -0.05) is 30.3 Å². The molecule has 1 aromatic carbocycles. The number of nitriles is 1. The van der Waals surface area contributed by atoms with Crippen LogP contribution in [0.5, 0.6) is 0 Å². The van der Waals surface area contributed by atoms with Gasteiger partial charge in [-0.3, -0.25) is 4.90 Å². The second-order valence-corrected chi connectivity index (χ2v) is 7.22. The maximum Gasteiger partial charge on any atom is 0.147 e. The zero-order chi connectivity index (χ0) is 17.0. The molecule has 2 aromatic rings. The van der Waals surface area contributed by atoms with Crippen molar-refractivity contribution < 1.29 is 0 Å². The predicted molar refractivity (Wildman–Crippen MR) is 93.2 cm³/mol. The molecule has 24 heavy (non-hydrogen) atoms. The topological polar surface area (TPSA) is 57.7 Å². The van der Waals surface area contributed by atoms with Gasteiger partial charge in [0.05, 0.1) is 18.0 Å². The maximum absolute atomic E-state index is 9.10. The minimum Gasteiger partial charge on any atom is -0.312 e. The average molecular weight is 323 g/mol. The van der Waals surface area contributed by atoms with Crippen LogP contribution < -0.4 is 0 Å². The first kappa shape index (κ1) is 16.7. The molecule has 0 atom stereocenters. The summed E-state index contributed by atoms with van der Waals surface area (Å²) in [7, 11) is 0. The van der Waals surface area contributed by atoms with Crippen molar-refractivity contribution in [3.8, 4) is 6.07 Å². The van der Waals surface area contributed by atoms with E-state index < -0.39 is 0 Å². The van der Waals surface area contributed by atoms with E-state index >= 15 is 0 Å². The number of nitrogens with zero attached hydrogens (tertiary/aromatic N) is 5. The van der Waals surface area contributed by atoms with Crippen LogP contribution in [0.3, 0.4) is 0 Å². The Morgan fingerprint density at radius 1 is 1.17 bits per heavy atom. The minimum atomic E-state index is -0.224. The standard InChI is InChI=1S/C19H25N5/c1-19(2,15-20)9-6-10-23-11-12-24-17(21-22-18(24)14-23)13-16-7-4-3-5-8-16/h3-5,7-8H,6,9-14H2,1-2H3.